The van der Waals surface area contributed by atoms with Gasteiger partial charge in [0.25, 0.3) is 0 Å². The number of carbonyl (C=O) groups excluding carboxylic acids is 2. The van der Waals surface area contributed by atoms with Crippen LogP contribution < -0.4 is 5.43 Å². The lowest BCUT2D eigenvalue weighted by atomic mass is 9.90. The van der Waals surface area contributed by atoms with E-state index in [9.17, 15) is 9.59 Å². The summed E-state index contributed by atoms with van der Waals surface area (Å²) in [6.45, 7) is 6.51. The highest BCUT2D eigenvalue weighted by molar-refractivity contribution is 6.01. The van der Waals surface area contributed by atoms with Crippen LogP contribution in [0.15, 0.2) is 29.4 Å². The van der Waals surface area contributed by atoms with Crippen molar-refractivity contribution in [2.24, 2.45) is 22.4 Å². The molecule has 1 heterocycles. The minimum Gasteiger partial charge on any atom is -0.465 e. The van der Waals surface area contributed by atoms with E-state index in [1.165, 1.54) is 12.8 Å². The van der Waals surface area contributed by atoms with Crippen molar-refractivity contribution in [1.29, 1.82) is 0 Å². The zero-order valence-electron chi connectivity index (χ0n) is 17.4. The number of ether oxygens (including phenoxy) is 1. The van der Waals surface area contributed by atoms with Gasteiger partial charge in [-0.15, -0.1) is 0 Å². The zero-order valence-corrected chi connectivity index (χ0v) is 17.4. The normalized spacial score (nSPS) is 25.8. The quantitative estimate of drug-likeness (QED) is 0.459. The minimum atomic E-state index is -0.266. The number of hydrogen-bond donors (Lipinski definition) is 1. The number of rotatable bonds is 6. The smallest absolute Gasteiger partial charge is 0.325 e. The van der Waals surface area contributed by atoms with Gasteiger partial charge in [0.05, 0.1) is 12.8 Å². The van der Waals surface area contributed by atoms with E-state index in [0.717, 1.165) is 35.0 Å². The second kappa shape index (κ2) is 7.65. The van der Waals surface area contributed by atoms with Crippen LogP contribution in [0.5, 0.6) is 0 Å². The van der Waals surface area contributed by atoms with E-state index in [1.54, 1.807) is 13.1 Å². The van der Waals surface area contributed by atoms with E-state index in [-0.39, 0.29) is 29.8 Å². The minimum absolute atomic E-state index is 0.0311. The SMILES string of the molecule is CCOC(=O)Cn1c(C)c(/C=N\NC(=O)[C@@H]2[C@@H]3CCCC[C@]23C)c2ccccc21. The first-order valence-electron chi connectivity index (χ1n) is 10.5. The fraction of sp³-hybridized carbons (Fsp3) is 0.522. The van der Waals surface area contributed by atoms with Crippen molar-refractivity contribution in [3.63, 3.8) is 0 Å². The molecule has 0 radical (unpaired) electrons. The highest BCUT2D eigenvalue weighted by Crippen LogP contribution is 2.66. The van der Waals surface area contributed by atoms with Gasteiger partial charge in [0.1, 0.15) is 6.54 Å². The van der Waals surface area contributed by atoms with Crippen molar-refractivity contribution in [3.05, 3.63) is 35.5 Å². The fourth-order valence-corrected chi connectivity index (χ4v) is 5.24. The Kier molecular flexibility index (Phi) is 5.19. The second-order valence-electron chi connectivity index (χ2n) is 8.48. The molecule has 0 spiro atoms. The summed E-state index contributed by atoms with van der Waals surface area (Å²) in [6.07, 6.45) is 6.44. The van der Waals surface area contributed by atoms with Gasteiger partial charge in [0.15, 0.2) is 0 Å². The number of nitrogens with zero attached hydrogens (tertiary/aromatic N) is 2. The van der Waals surface area contributed by atoms with Gasteiger partial charge in [-0.05, 0) is 44.1 Å². The summed E-state index contributed by atoms with van der Waals surface area (Å²) < 4.78 is 7.05. The summed E-state index contributed by atoms with van der Waals surface area (Å²) in [4.78, 5) is 24.7. The van der Waals surface area contributed by atoms with Crippen LogP contribution in [-0.4, -0.2) is 29.3 Å². The van der Waals surface area contributed by atoms with Gasteiger partial charge in [0, 0.05) is 28.1 Å². The van der Waals surface area contributed by atoms with Gasteiger partial charge in [0.2, 0.25) is 5.91 Å². The monoisotopic (exact) mass is 395 g/mol. The Balaban J connectivity index is 1.53. The molecule has 0 saturated heterocycles. The Morgan fingerprint density at radius 3 is 2.86 bits per heavy atom. The number of hydrogen-bond acceptors (Lipinski definition) is 4. The Morgan fingerprint density at radius 2 is 2.14 bits per heavy atom. The third kappa shape index (κ3) is 3.45. The molecule has 6 nitrogen and oxygen atoms in total. The fourth-order valence-electron chi connectivity index (χ4n) is 5.24. The number of fused-ring (bicyclic) bond motifs is 2. The third-order valence-corrected chi connectivity index (χ3v) is 6.85. The number of esters is 1. The molecule has 0 bridgehead atoms. The largest absolute Gasteiger partial charge is 0.465 e. The van der Waals surface area contributed by atoms with E-state index in [1.807, 2.05) is 35.8 Å². The average Bonchev–Trinajstić information content (AvgIpc) is 3.26. The van der Waals surface area contributed by atoms with Crippen molar-refractivity contribution < 1.29 is 14.3 Å². The number of hydrazone groups is 1. The lowest BCUT2D eigenvalue weighted by molar-refractivity contribution is -0.143. The molecule has 154 valence electrons. The molecule has 3 atom stereocenters. The molecule has 1 aromatic heterocycles. The molecular weight excluding hydrogens is 366 g/mol. The highest BCUT2D eigenvalue weighted by Gasteiger charge is 2.64. The van der Waals surface area contributed by atoms with Crippen molar-refractivity contribution in [2.75, 3.05) is 6.61 Å². The van der Waals surface area contributed by atoms with Gasteiger partial charge in [-0.2, -0.15) is 5.10 Å². The predicted molar refractivity (Wildman–Crippen MR) is 113 cm³/mol. The molecule has 1 N–H and O–H groups in total. The van der Waals surface area contributed by atoms with Crippen LogP contribution in [-0.2, 0) is 20.9 Å². The molecule has 1 amide bonds. The lowest BCUT2D eigenvalue weighted by Gasteiger charge is -2.15. The molecule has 0 aliphatic heterocycles. The van der Waals surface area contributed by atoms with Crippen LogP contribution in [0.3, 0.4) is 0 Å². The van der Waals surface area contributed by atoms with Crippen LogP contribution >= 0.6 is 0 Å². The number of aromatic nitrogens is 1. The summed E-state index contributed by atoms with van der Waals surface area (Å²) in [6, 6.07) is 7.89. The van der Waals surface area contributed by atoms with Crippen molar-refractivity contribution in [2.45, 2.75) is 53.0 Å². The summed E-state index contributed by atoms with van der Waals surface area (Å²) in [7, 11) is 0. The van der Waals surface area contributed by atoms with Crippen LogP contribution in [0.25, 0.3) is 10.9 Å². The van der Waals surface area contributed by atoms with E-state index in [2.05, 4.69) is 17.5 Å². The van der Waals surface area contributed by atoms with Crippen LogP contribution in [0.2, 0.25) is 0 Å². The van der Waals surface area contributed by atoms with E-state index in [4.69, 9.17) is 4.74 Å². The maximum Gasteiger partial charge on any atom is 0.325 e. The molecule has 0 unspecified atom stereocenters. The maximum absolute atomic E-state index is 12.6. The van der Waals surface area contributed by atoms with Crippen molar-refractivity contribution >= 4 is 29.0 Å². The number of benzene rings is 1. The van der Waals surface area contributed by atoms with Crippen LogP contribution in [0, 0.1) is 24.2 Å². The number of nitrogens with one attached hydrogen (secondary N) is 1. The number of carbonyl (C=O) groups is 2. The summed E-state index contributed by atoms with van der Waals surface area (Å²) in [5.74, 6) is 0.370. The first-order valence-corrected chi connectivity index (χ1v) is 10.5. The van der Waals surface area contributed by atoms with Crippen LogP contribution in [0.1, 0.15) is 50.8 Å². The Bertz CT molecular complexity index is 977. The van der Waals surface area contributed by atoms with Crippen molar-refractivity contribution in [3.8, 4) is 0 Å². The maximum atomic E-state index is 12.6. The molecule has 2 saturated carbocycles. The summed E-state index contributed by atoms with van der Waals surface area (Å²) in [5, 5.41) is 5.28. The van der Waals surface area contributed by atoms with E-state index in [0.29, 0.717) is 12.5 Å². The van der Waals surface area contributed by atoms with Gasteiger partial charge in [-0.25, -0.2) is 5.43 Å². The third-order valence-electron chi connectivity index (χ3n) is 6.85. The Hall–Kier alpha value is -2.63. The molecule has 6 heteroatoms. The standard InChI is InChI=1S/C23H29N3O3/c1-4-29-20(27)14-26-15(2)17(16-9-5-6-11-19(16)26)13-24-25-22(28)21-18-10-7-8-12-23(18,21)3/h5-6,9,11,13,18,21H,4,7-8,10,12,14H2,1-3H3,(H,25,28)/b24-13-/t18-,21-,23-/m0/s1. The highest BCUT2D eigenvalue weighted by atomic mass is 16.5. The van der Waals surface area contributed by atoms with Crippen LogP contribution in [0.4, 0.5) is 0 Å². The number of amides is 1. The van der Waals surface area contributed by atoms with Crippen molar-refractivity contribution in [1.82, 2.24) is 9.99 Å². The first kappa shape index (κ1) is 19.7. The lowest BCUT2D eigenvalue weighted by Crippen LogP contribution is -2.22. The van der Waals surface area contributed by atoms with Gasteiger partial charge < -0.3 is 9.30 Å². The topological polar surface area (TPSA) is 72.7 Å². The molecule has 2 aliphatic carbocycles. The van der Waals surface area contributed by atoms with E-state index < -0.39 is 0 Å². The van der Waals surface area contributed by atoms with E-state index >= 15 is 0 Å². The molecule has 2 aliphatic rings. The Labute approximate surface area is 171 Å². The van der Waals surface area contributed by atoms with Gasteiger partial charge in [-0.1, -0.05) is 38.0 Å². The first-order chi connectivity index (χ1) is 14.0. The Morgan fingerprint density at radius 1 is 1.34 bits per heavy atom. The average molecular weight is 396 g/mol. The molecular formula is C23H29N3O3. The zero-order chi connectivity index (χ0) is 20.6. The molecule has 29 heavy (non-hydrogen) atoms. The molecule has 2 aromatic rings. The predicted octanol–water partition coefficient (Wildman–Crippen LogP) is 3.79. The molecule has 1 aromatic carbocycles. The summed E-state index contributed by atoms with van der Waals surface area (Å²) in [5.41, 5.74) is 5.71. The van der Waals surface area contributed by atoms with Gasteiger partial charge in [-0.3, -0.25) is 9.59 Å². The molecule has 2 fully saturated rings. The summed E-state index contributed by atoms with van der Waals surface area (Å²) >= 11 is 0. The van der Waals surface area contributed by atoms with Gasteiger partial charge >= 0.3 is 5.97 Å². The molecule has 4 rings (SSSR count). The second-order valence-corrected chi connectivity index (χ2v) is 8.48. The number of para-hydroxylation sites is 1.